The summed E-state index contributed by atoms with van der Waals surface area (Å²) >= 11 is 12.2. The van der Waals surface area contributed by atoms with Gasteiger partial charge in [0.15, 0.2) is 0 Å². The van der Waals surface area contributed by atoms with Gasteiger partial charge >= 0.3 is 0 Å². The van der Waals surface area contributed by atoms with Crippen molar-refractivity contribution in [1.29, 1.82) is 0 Å². The Morgan fingerprint density at radius 1 is 0.773 bits per heavy atom. The van der Waals surface area contributed by atoms with Crippen molar-refractivity contribution in [1.82, 2.24) is 10.2 Å². The highest BCUT2D eigenvalue weighted by molar-refractivity contribution is 7.92. The molecule has 7 nitrogen and oxygen atoms in total. The molecule has 2 amide bonds. The van der Waals surface area contributed by atoms with Gasteiger partial charge in [-0.25, -0.2) is 8.42 Å². The number of hydrogen-bond donors (Lipinski definition) is 1. The monoisotopic (exact) mass is 651 g/mol. The highest BCUT2D eigenvalue weighted by Gasteiger charge is 2.35. The summed E-state index contributed by atoms with van der Waals surface area (Å²) in [6, 6.07) is 29.5. The van der Waals surface area contributed by atoms with Crippen LogP contribution in [0.5, 0.6) is 0 Å². The smallest absolute Gasteiger partial charge is 0.264 e. The Bertz CT molecular complexity index is 1640. The van der Waals surface area contributed by atoms with Crippen molar-refractivity contribution in [3.05, 3.63) is 130 Å². The van der Waals surface area contributed by atoms with Crippen molar-refractivity contribution < 1.29 is 18.0 Å². The first-order chi connectivity index (χ1) is 21.1. The summed E-state index contributed by atoms with van der Waals surface area (Å²) in [6.45, 7) is 3.37. The number of rotatable bonds is 13. The molecule has 1 N–H and O–H groups in total. The molecule has 0 unspecified atom stereocenters. The second-order valence-electron chi connectivity index (χ2n) is 10.5. The molecule has 0 aromatic heterocycles. The van der Waals surface area contributed by atoms with Crippen LogP contribution in [-0.4, -0.2) is 43.8 Å². The molecule has 44 heavy (non-hydrogen) atoms. The number of amides is 2. The van der Waals surface area contributed by atoms with Crippen molar-refractivity contribution in [3.63, 3.8) is 0 Å². The highest BCUT2D eigenvalue weighted by Crippen LogP contribution is 2.26. The van der Waals surface area contributed by atoms with E-state index in [0.717, 1.165) is 15.4 Å². The third-order valence-corrected chi connectivity index (χ3v) is 9.56. The van der Waals surface area contributed by atoms with Crippen molar-refractivity contribution in [3.8, 4) is 0 Å². The van der Waals surface area contributed by atoms with E-state index in [0.29, 0.717) is 16.5 Å². The Morgan fingerprint density at radius 2 is 1.32 bits per heavy atom. The molecule has 0 saturated heterocycles. The van der Waals surface area contributed by atoms with Gasteiger partial charge in [0.1, 0.15) is 12.6 Å². The first-order valence-corrected chi connectivity index (χ1v) is 16.5. The van der Waals surface area contributed by atoms with Crippen LogP contribution in [0.1, 0.15) is 31.4 Å². The quantitative estimate of drug-likeness (QED) is 0.173. The molecule has 0 saturated carbocycles. The molecule has 0 heterocycles. The molecular weight excluding hydrogens is 617 g/mol. The van der Waals surface area contributed by atoms with Gasteiger partial charge < -0.3 is 10.2 Å². The second kappa shape index (κ2) is 15.2. The van der Waals surface area contributed by atoms with Gasteiger partial charge in [-0.1, -0.05) is 90.8 Å². The molecule has 0 radical (unpaired) electrons. The first-order valence-electron chi connectivity index (χ1n) is 14.3. The molecule has 230 valence electrons. The summed E-state index contributed by atoms with van der Waals surface area (Å²) in [5, 5.41) is 3.98. The third kappa shape index (κ3) is 8.62. The van der Waals surface area contributed by atoms with Crippen molar-refractivity contribution in [2.75, 3.05) is 10.8 Å². The van der Waals surface area contributed by atoms with Crippen LogP contribution in [0.15, 0.2) is 114 Å². The van der Waals surface area contributed by atoms with Gasteiger partial charge in [0, 0.05) is 29.1 Å². The van der Waals surface area contributed by atoms with E-state index < -0.39 is 28.5 Å². The Labute approximate surface area is 269 Å². The van der Waals surface area contributed by atoms with E-state index in [9.17, 15) is 18.0 Å². The molecule has 0 aliphatic carbocycles. The van der Waals surface area contributed by atoms with Crippen LogP contribution >= 0.6 is 23.2 Å². The minimum atomic E-state index is -4.18. The van der Waals surface area contributed by atoms with Crippen LogP contribution in [-0.2, 0) is 32.6 Å². The standard InChI is InChI=1S/C34H35Cl2N3O4S/c1-3-25(2)37-34(41)32(22-26-10-6-4-7-11-26)38(23-27-14-16-28(35)17-15-27)33(40)24-39(30-20-18-29(36)19-21-30)44(42,43)31-12-8-5-9-13-31/h4-21,25,32H,3,22-24H2,1-2H3,(H,37,41)/t25-,32-/m1/s1. The van der Waals surface area contributed by atoms with Crippen LogP contribution in [0, 0.1) is 0 Å². The molecule has 4 rings (SSSR count). The molecule has 0 bridgehead atoms. The van der Waals surface area contributed by atoms with Crippen molar-refractivity contribution >= 4 is 50.7 Å². The molecule has 2 atom stereocenters. The van der Waals surface area contributed by atoms with Crippen LogP contribution < -0.4 is 9.62 Å². The first kappa shape index (κ1) is 33.1. The molecule has 0 fully saturated rings. The Balaban J connectivity index is 1.79. The van der Waals surface area contributed by atoms with Crippen LogP contribution in [0.2, 0.25) is 10.0 Å². The van der Waals surface area contributed by atoms with E-state index >= 15 is 0 Å². The van der Waals surface area contributed by atoms with Crippen LogP contribution in [0.4, 0.5) is 5.69 Å². The summed E-state index contributed by atoms with van der Waals surface area (Å²) in [4.78, 5) is 29.8. The van der Waals surface area contributed by atoms with Crippen LogP contribution in [0.25, 0.3) is 0 Å². The maximum absolute atomic E-state index is 14.4. The van der Waals surface area contributed by atoms with E-state index in [1.54, 1.807) is 66.7 Å². The number of carbonyl (C=O) groups is 2. The molecule has 0 aliphatic rings. The van der Waals surface area contributed by atoms with E-state index in [2.05, 4.69) is 5.32 Å². The largest absolute Gasteiger partial charge is 0.352 e. The number of carbonyl (C=O) groups excluding carboxylic acids is 2. The minimum absolute atomic E-state index is 0.0300. The fourth-order valence-electron chi connectivity index (χ4n) is 4.64. The summed E-state index contributed by atoms with van der Waals surface area (Å²) in [5.74, 6) is -0.871. The van der Waals surface area contributed by atoms with Gasteiger partial charge in [0.2, 0.25) is 11.8 Å². The normalized spacial score (nSPS) is 12.6. The van der Waals surface area contributed by atoms with Gasteiger partial charge in [0.05, 0.1) is 10.6 Å². The molecule has 0 spiro atoms. The maximum Gasteiger partial charge on any atom is 0.264 e. The minimum Gasteiger partial charge on any atom is -0.352 e. The Morgan fingerprint density at radius 3 is 1.89 bits per heavy atom. The van der Waals surface area contributed by atoms with E-state index in [4.69, 9.17) is 23.2 Å². The predicted molar refractivity (Wildman–Crippen MR) is 176 cm³/mol. The summed E-state index contributed by atoms with van der Waals surface area (Å²) in [6.07, 6.45) is 0.934. The molecule has 0 aliphatic heterocycles. The van der Waals surface area contributed by atoms with Gasteiger partial charge in [-0.15, -0.1) is 0 Å². The second-order valence-corrected chi connectivity index (χ2v) is 13.2. The molecule has 4 aromatic rings. The van der Waals surface area contributed by atoms with E-state index in [1.807, 2.05) is 44.2 Å². The lowest BCUT2D eigenvalue weighted by molar-refractivity contribution is -0.140. The lowest BCUT2D eigenvalue weighted by atomic mass is 10.0. The lowest BCUT2D eigenvalue weighted by Gasteiger charge is -2.34. The van der Waals surface area contributed by atoms with Gasteiger partial charge in [-0.2, -0.15) is 0 Å². The fraction of sp³-hybridized carbons (Fsp3) is 0.235. The number of hydrogen-bond acceptors (Lipinski definition) is 4. The predicted octanol–water partition coefficient (Wildman–Crippen LogP) is 6.74. The average molecular weight is 653 g/mol. The van der Waals surface area contributed by atoms with Crippen molar-refractivity contribution in [2.45, 2.75) is 50.2 Å². The molecule has 10 heteroatoms. The number of halogens is 2. The topological polar surface area (TPSA) is 86.8 Å². The average Bonchev–Trinajstić information content (AvgIpc) is 3.03. The zero-order valence-electron chi connectivity index (χ0n) is 24.6. The SMILES string of the molecule is CC[C@@H](C)NC(=O)[C@@H](Cc1ccccc1)N(Cc1ccc(Cl)cc1)C(=O)CN(c1ccc(Cl)cc1)S(=O)(=O)c1ccccc1. The third-order valence-electron chi connectivity index (χ3n) is 7.26. The van der Waals surface area contributed by atoms with Crippen LogP contribution in [0.3, 0.4) is 0 Å². The number of anilines is 1. The molecular formula is C34H35Cl2N3O4S. The number of nitrogens with one attached hydrogen (secondary N) is 1. The molecule has 4 aromatic carbocycles. The number of sulfonamides is 1. The number of benzene rings is 4. The Hall–Kier alpha value is -3.85. The van der Waals surface area contributed by atoms with Gasteiger partial charge in [-0.05, 0) is 73.0 Å². The summed E-state index contributed by atoms with van der Waals surface area (Å²) in [5.41, 5.74) is 1.86. The Kier molecular flexibility index (Phi) is 11.4. The fourth-order valence-corrected chi connectivity index (χ4v) is 6.32. The lowest BCUT2D eigenvalue weighted by Crippen LogP contribution is -2.54. The highest BCUT2D eigenvalue weighted by atomic mass is 35.5. The van der Waals surface area contributed by atoms with E-state index in [1.165, 1.54) is 17.0 Å². The zero-order valence-corrected chi connectivity index (χ0v) is 26.9. The van der Waals surface area contributed by atoms with E-state index in [-0.39, 0.29) is 35.5 Å². The van der Waals surface area contributed by atoms with Gasteiger partial charge in [-0.3, -0.25) is 13.9 Å². The van der Waals surface area contributed by atoms with Crippen molar-refractivity contribution in [2.24, 2.45) is 0 Å². The number of nitrogens with zero attached hydrogens (tertiary/aromatic N) is 2. The van der Waals surface area contributed by atoms with Gasteiger partial charge in [0.25, 0.3) is 10.0 Å². The summed E-state index contributed by atoms with van der Waals surface area (Å²) in [7, 11) is -4.18. The maximum atomic E-state index is 14.4. The summed E-state index contributed by atoms with van der Waals surface area (Å²) < 4.78 is 29.0. The zero-order chi connectivity index (χ0) is 31.7.